The lowest BCUT2D eigenvalue weighted by molar-refractivity contribution is 0.602. The normalized spacial score (nSPS) is 24.1. The van der Waals surface area contributed by atoms with E-state index in [4.69, 9.17) is 5.26 Å². The first-order valence-electron chi connectivity index (χ1n) is 5.97. The molecule has 1 aromatic carbocycles. The summed E-state index contributed by atoms with van der Waals surface area (Å²) in [6.07, 6.45) is 3.81. The summed E-state index contributed by atoms with van der Waals surface area (Å²) < 4.78 is 0. The first kappa shape index (κ1) is 11.0. The zero-order chi connectivity index (χ0) is 11.5. The van der Waals surface area contributed by atoms with Gasteiger partial charge in [-0.05, 0) is 49.8 Å². The largest absolute Gasteiger partial charge is 0.382 e. The van der Waals surface area contributed by atoms with Crippen LogP contribution in [0.3, 0.4) is 0 Å². The zero-order valence-corrected chi connectivity index (χ0v) is 9.96. The van der Waals surface area contributed by atoms with Crippen LogP contribution in [0.2, 0.25) is 0 Å². The van der Waals surface area contributed by atoms with Gasteiger partial charge in [0.2, 0.25) is 0 Å². The zero-order valence-electron chi connectivity index (χ0n) is 9.96. The molecule has 1 aliphatic carbocycles. The molecule has 2 nitrogen and oxygen atoms in total. The van der Waals surface area contributed by atoms with Gasteiger partial charge in [0.15, 0.2) is 0 Å². The van der Waals surface area contributed by atoms with E-state index in [0.717, 1.165) is 22.7 Å². The Bertz CT molecular complexity index is 417. The molecule has 1 saturated carbocycles. The second kappa shape index (κ2) is 4.57. The summed E-state index contributed by atoms with van der Waals surface area (Å²) in [7, 11) is 0. The molecule has 0 saturated heterocycles. The number of benzene rings is 1. The molecule has 2 unspecified atom stereocenters. The van der Waals surface area contributed by atoms with Crippen LogP contribution in [0.15, 0.2) is 18.2 Å². The maximum Gasteiger partial charge on any atom is 0.0995 e. The summed E-state index contributed by atoms with van der Waals surface area (Å²) in [6, 6.07) is 8.71. The number of nitrogens with one attached hydrogen (secondary N) is 1. The summed E-state index contributed by atoms with van der Waals surface area (Å²) >= 11 is 0. The van der Waals surface area contributed by atoms with Gasteiger partial charge in [-0.3, -0.25) is 0 Å². The molecule has 84 valence electrons. The molecule has 1 aromatic rings. The molecule has 1 fully saturated rings. The Morgan fingerprint density at radius 2 is 2.19 bits per heavy atom. The molecule has 1 N–H and O–H groups in total. The summed E-state index contributed by atoms with van der Waals surface area (Å²) in [6.45, 7) is 4.32. The highest BCUT2D eigenvalue weighted by Crippen LogP contribution is 2.29. The molecular weight excluding hydrogens is 196 g/mol. The van der Waals surface area contributed by atoms with Gasteiger partial charge in [0.05, 0.1) is 11.6 Å². The summed E-state index contributed by atoms with van der Waals surface area (Å²) in [4.78, 5) is 0. The van der Waals surface area contributed by atoms with Gasteiger partial charge in [-0.2, -0.15) is 5.26 Å². The van der Waals surface area contributed by atoms with Gasteiger partial charge in [0.25, 0.3) is 0 Å². The summed E-state index contributed by atoms with van der Waals surface area (Å²) in [5.74, 6) is 0.831. The first-order valence-corrected chi connectivity index (χ1v) is 5.97. The molecule has 0 bridgehead atoms. The Kier molecular flexibility index (Phi) is 3.14. The molecule has 2 heteroatoms. The van der Waals surface area contributed by atoms with Crippen LogP contribution in [0.5, 0.6) is 0 Å². The Balaban J connectivity index is 2.13. The number of nitrogens with zero attached hydrogens (tertiary/aromatic N) is 1. The smallest absolute Gasteiger partial charge is 0.0995 e. The van der Waals surface area contributed by atoms with Gasteiger partial charge in [0, 0.05) is 11.7 Å². The van der Waals surface area contributed by atoms with Crippen molar-refractivity contribution in [1.82, 2.24) is 0 Å². The van der Waals surface area contributed by atoms with Crippen LogP contribution >= 0.6 is 0 Å². The van der Waals surface area contributed by atoms with E-state index in [2.05, 4.69) is 24.4 Å². The second-order valence-corrected chi connectivity index (χ2v) is 4.85. The van der Waals surface area contributed by atoms with E-state index >= 15 is 0 Å². The second-order valence-electron chi connectivity index (χ2n) is 4.85. The van der Waals surface area contributed by atoms with E-state index in [9.17, 15) is 0 Å². The third-order valence-corrected chi connectivity index (χ3v) is 3.51. The van der Waals surface area contributed by atoms with Crippen molar-refractivity contribution >= 4 is 5.69 Å². The SMILES string of the molecule is Cc1c(C#N)cccc1NC1CCC(C)C1. The summed E-state index contributed by atoms with van der Waals surface area (Å²) in [5.41, 5.74) is 2.97. The fourth-order valence-electron chi connectivity index (χ4n) is 2.47. The Hall–Kier alpha value is -1.49. The maximum absolute atomic E-state index is 8.97. The summed E-state index contributed by atoms with van der Waals surface area (Å²) in [5, 5.41) is 12.5. The molecule has 0 aromatic heterocycles. The lowest BCUT2D eigenvalue weighted by Gasteiger charge is -2.16. The molecule has 2 rings (SSSR count). The van der Waals surface area contributed by atoms with Gasteiger partial charge in [-0.25, -0.2) is 0 Å². The fraction of sp³-hybridized carbons (Fsp3) is 0.500. The predicted molar refractivity (Wildman–Crippen MR) is 66.3 cm³/mol. The van der Waals surface area contributed by atoms with Crippen LogP contribution in [0.4, 0.5) is 5.69 Å². The van der Waals surface area contributed by atoms with E-state index in [1.807, 2.05) is 19.1 Å². The average molecular weight is 214 g/mol. The first-order chi connectivity index (χ1) is 7.70. The molecule has 1 aliphatic rings. The van der Waals surface area contributed by atoms with Crippen LogP contribution in [0, 0.1) is 24.2 Å². The molecule has 0 spiro atoms. The lowest BCUT2D eigenvalue weighted by atomic mass is 10.1. The fourth-order valence-corrected chi connectivity index (χ4v) is 2.47. The molecule has 0 radical (unpaired) electrons. The average Bonchev–Trinajstić information content (AvgIpc) is 2.67. The Morgan fingerprint density at radius 1 is 1.38 bits per heavy atom. The van der Waals surface area contributed by atoms with Crippen molar-refractivity contribution in [2.45, 2.75) is 39.2 Å². The van der Waals surface area contributed by atoms with Crippen molar-refractivity contribution in [2.75, 3.05) is 5.32 Å². The van der Waals surface area contributed by atoms with E-state index < -0.39 is 0 Å². The lowest BCUT2D eigenvalue weighted by Crippen LogP contribution is -2.16. The van der Waals surface area contributed by atoms with Gasteiger partial charge in [0.1, 0.15) is 0 Å². The number of anilines is 1. The van der Waals surface area contributed by atoms with Gasteiger partial charge < -0.3 is 5.32 Å². The van der Waals surface area contributed by atoms with Crippen molar-refractivity contribution in [3.8, 4) is 6.07 Å². The van der Waals surface area contributed by atoms with Crippen molar-refractivity contribution in [1.29, 1.82) is 5.26 Å². The molecule has 2 atom stereocenters. The van der Waals surface area contributed by atoms with Crippen LogP contribution in [-0.2, 0) is 0 Å². The molecule has 0 heterocycles. The number of hydrogen-bond acceptors (Lipinski definition) is 2. The number of hydrogen-bond donors (Lipinski definition) is 1. The molecule has 16 heavy (non-hydrogen) atoms. The minimum Gasteiger partial charge on any atom is -0.382 e. The van der Waals surface area contributed by atoms with Gasteiger partial charge in [-0.1, -0.05) is 13.0 Å². The monoisotopic (exact) mass is 214 g/mol. The minimum absolute atomic E-state index is 0.586. The highest BCUT2D eigenvalue weighted by molar-refractivity contribution is 5.57. The third-order valence-electron chi connectivity index (χ3n) is 3.51. The van der Waals surface area contributed by atoms with E-state index in [0.29, 0.717) is 6.04 Å². The van der Waals surface area contributed by atoms with Crippen molar-refractivity contribution in [2.24, 2.45) is 5.92 Å². The minimum atomic E-state index is 0.586. The quantitative estimate of drug-likeness (QED) is 0.818. The van der Waals surface area contributed by atoms with Crippen LogP contribution in [0.25, 0.3) is 0 Å². The number of nitriles is 1. The van der Waals surface area contributed by atoms with E-state index in [-0.39, 0.29) is 0 Å². The standard InChI is InChI=1S/C14H18N2/c1-10-6-7-13(8-10)16-14-5-3-4-12(9-15)11(14)2/h3-5,10,13,16H,6-8H2,1-2H3. The van der Waals surface area contributed by atoms with Gasteiger partial charge in [-0.15, -0.1) is 0 Å². The van der Waals surface area contributed by atoms with Crippen LogP contribution < -0.4 is 5.32 Å². The van der Waals surface area contributed by atoms with Crippen molar-refractivity contribution in [3.63, 3.8) is 0 Å². The van der Waals surface area contributed by atoms with Crippen LogP contribution in [0.1, 0.15) is 37.3 Å². The van der Waals surface area contributed by atoms with Crippen molar-refractivity contribution < 1.29 is 0 Å². The maximum atomic E-state index is 8.97. The molecule has 0 amide bonds. The van der Waals surface area contributed by atoms with Crippen molar-refractivity contribution in [3.05, 3.63) is 29.3 Å². The molecular formula is C14H18N2. The van der Waals surface area contributed by atoms with E-state index in [1.54, 1.807) is 0 Å². The topological polar surface area (TPSA) is 35.8 Å². The third kappa shape index (κ3) is 2.19. The van der Waals surface area contributed by atoms with E-state index in [1.165, 1.54) is 19.3 Å². The number of rotatable bonds is 2. The Labute approximate surface area is 97.3 Å². The van der Waals surface area contributed by atoms with Gasteiger partial charge >= 0.3 is 0 Å². The molecule has 0 aliphatic heterocycles. The Morgan fingerprint density at radius 3 is 2.81 bits per heavy atom. The highest BCUT2D eigenvalue weighted by atomic mass is 14.9. The predicted octanol–water partition coefficient (Wildman–Crippen LogP) is 3.47. The van der Waals surface area contributed by atoms with Crippen LogP contribution in [-0.4, -0.2) is 6.04 Å². The highest BCUT2D eigenvalue weighted by Gasteiger charge is 2.21.